The van der Waals surface area contributed by atoms with Crippen molar-refractivity contribution >= 4 is 24.3 Å². The molecule has 0 saturated carbocycles. The summed E-state index contributed by atoms with van der Waals surface area (Å²) in [6.07, 6.45) is 2.10. The van der Waals surface area contributed by atoms with Gasteiger partial charge in [0.05, 0.1) is 17.6 Å². The molecular formula is C40H49ClN2O5. The molecule has 2 saturated heterocycles. The van der Waals surface area contributed by atoms with Gasteiger partial charge in [0.25, 0.3) is 0 Å². The molecule has 7 nitrogen and oxygen atoms in total. The molecule has 0 radical (unpaired) electrons. The number of carbonyl (C=O) groups is 2. The number of likely N-dealkylation sites (tertiary alicyclic amines) is 1. The molecule has 0 aromatic heterocycles. The SMILES string of the molecule is CC1(O)CCN(C(=O)CC(c2ccccc2)c2ccccc2)C1.CC1(O)CCNC1.Cl.O=C(O)CC(c1ccccc1)c1ccccc1. The standard InChI is InChI=1S/C20H23NO2.C15H14O2.C5H11NO.ClH/c1-20(23)12-13-21(15-20)19(22)14-18(16-8-4-2-5-9-16)17-10-6-3-7-11-17;16-15(17)11-14(12-7-3-1-4-8-12)13-9-5-2-6-10-13;1-5(7)2-3-6-4-5;/h2-11,18,23H,12-15H2,1H3;1-10,14H,11H2,(H,16,17);6-7H,2-4H2,1H3;1H. The molecule has 2 fully saturated rings. The van der Waals surface area contributed by atoms with E-state index in [1.165, 1.54) is 0 Å². The third kappa shape index (κ3) is 12.2. The number of aliphatic carboxylic acids is 1. The molecule has 2 heterocycles. The van der Waals surface area contributed by atoms with Crippen molar-refractivity contribution in [2.45, 2.75) is 62.6 Å². The van der Waals surface area contributed by atoms with E-state index in [4.69, 9.17) is 10.2 Å². The number of nitrogens with one attached hydrogen (secondary N) is 1. The minimum atomic E-state index is -0.775. The molecule has 0 spiro atoms. The van der Waals surface area contributed by atoms with Crippen molar-refractivity contribution in [2.24, 2.45) is 0 Å². The highest BCUT2D eigenvalue weighted by Gasteiger charge is 2.34. The Morgan fingerprint density at radius 3 is 1.33 bits per heavy atom. The molecule has 2 aliphatic rings. The van der Waals surface area contributed by atoms with Crippen molar-refractivity contribution in [2.75, 3.05) is 26.2 Å². The number of β-amino-alcohol motifs (C(OH)–C–C–N with tert-alkyl or cyclic N) is 2. The average molecular weight is 673 g/mol. The van der Waals surface area contributed by atoms with Crippen molar-refractivity contribution in [3.05, 3.63) is 144 Å². The van der Waals surface area contributed by atoms with Gasteiger partial charge < -0.3 is 25.5 Å². The molecule has 2 aliphatic heterocycles. The molecule has 6 rings (SSSR count). The first kappa shape index (κ1) is 38.4. The van der Waals surface area contributed by atoms with Crippen LogP contribution in [0.4, 0.5) is 0 Å². The molecule has 1 amide bonds. The zero-order chi connectivity index (χ0) is 33.7. The highest BCUT2D eigenvalue weighted by atomic mass is 35.5. The summed E-state index contributed by atoms with van der Waals surface area (Å²) in [6, 6.07) is 39.8. The quantitative estimate of drug-likeness (QED) is 0.167. The van der Waals surface area contributed by atoms with Crippen LogP contribution in [-0.2, 0) is 9.59 Å². The van der Waals surface area contributed by atoms with E-state index in [0.717, 1.165) is 41.8 Å². The third-order valence-electron chi connectivity index (χ3n) is 8.72. The van der Waals surface area contributed by atoms with Gasteiger partial charge in [-0.2, -0.15) is 0 Å². The van der Waals surface area contributed by atoms with E-state index in [2.05, 4.69) is 29.6 Å². The summed E-state index contributed by atoms with van der Waals surface area (Å²) in [5.41, 5.74) is 3.23. The largest absolute Gasteiger partial charge is 0.481 e. The summed E-state index contributed by atoms with van der Waals surface area (Å²) in [7, 11) is 0. The van der Waals surface area contributed by atoms with Crippen molar-refractivity contribution < 1.29 is 24.9 Å². The number of carboxylic acids is 1. The fourth-order valence-corrected chi connectivity index (χ4v) is 6.04. The Hall–Kier alpha value is -4.01. The number of amides is 1. The molecular weight excluding hydrogens is 624 g/mol. The maximum atomic E-state index is 12.7. The number of hydrogen-bond acceptors (Lipinski definition) is 5. The fourth-order valence-electron chi connectivity index (χ4n) is 6.04. The molecule has 2 unspecified atom stereocenters. The van der Waals surface area contributed by atoms with Gasteiger partial charge in [0.1, 0.15) is 0 Å². The van der Waals surface area contributed by atoms with Gasteiger partial charge in [0, 0.05) is 37.9 Å². The molecule has 48 heavy (non-hydrogen) atoms. The van der Waals surface area contributed by atoms with E-state index < -0.39 is 17.2 Å². The Labute approximate surface area is 291 Å². The van der Waals surface area contributed by atoms with Crippen LogP contribution in [0.3, 0.4) is 0 Å². The second-order valence-electron chi connectivity index (χ2n) is 13.0. The summed E-state index contributed by atoms with van der Waals surface area (Å²) in [4.78, 5) is 25.5. The molecule has 0 bridgehead atoms. The van der Waals surface area contributed by atoms with Crippen molar-refractivity contribution in [3.8, 4) is 0 Å². The van der Waals surface area contributed by atoms with Gasteiger partial charge in [-0.3, -0.25) is 9.59 Å². The molecule has 4 N–H and O–H groups in total. The Morgan fingerprint density at radius 2 is 1.06 bits per heavy atom. The summed E-state index contributed by atoms with van der Waals surface area (Å²) < 4.78 is 0. The number of benzene rings is 4. The first-order valence-electron chi connectivity index (χ1n) is 16.4. The monoisotopic (exact) mass is 672 g/mol. The number of carboxylic acid groups (broad SMARTS) is 1. The van der Waals surface area contributed by atoms with Crippen LogP contribution >= 0.6 is 12.4 Å². The molecule has 0 aliphatic carbocycles. The second-order valence-corrected chi connectivity index (χ2v) is 13.0. The minimum absolute atomic E-state index is 0. The summed E-state index contributed by atoms with van der Waals surface area (Å²) in [5, 5.41) is 31.3. The Balaban J connectivity index is 0.000000219. The van der Waals surface area contributed by atoms with Crippen LogP contribution in [0.25, 0.3) is 0 Å². The third-order valence-corrected chi connectivity index (χ3v) is 8.72. The summed E-state index contributed by atoms with van der Waals surface area (Å²) >= 11 is 0. The van der Waals surface area contributed by atoms with E-state index >= 15 is 0 Å². The smallest absolute Gasteiger partial charge is 0.304 e. The summed E-state index contributed by atoms with van der Waals surface area (Å²) in [5.74, 6) is -0.687. The van der Waals surface area contributed by atoms with Gasteiger partial charge >= 0.3 is 5.97 Å². The van der Waals surface area contributed by atoms with E-state index in [1.807, 2.05) is 104 Å². The van der Waals surface area contributed by atoms with Gasteiger partial charge in [0.15, 0.2) is 0 Å². The van der Waals surface area contributed by atoms with Gasteiger partial charge in [-0.25, -0.2) is 0 Å². The first-order chi connectivity index (χ1) is 22.5. The van der Waals surface area contributed by atoms with Crippen LogP contribution in [0.1, 0.15) is 73.6 Å². The second kappa shape index (κ2) is 18.5. The number of hydrogen-bond donors (Lipinski definition) is 4. The molecule has 8 heteroatoms. The topological polar surface area (TPSA) is 110 Å². The van der Waals surface area contributed by atoms with E-state index in [1.54, 1.807) is 11.8 Å². The Bertz CT molecular complexity index is 1430. The molecule has 4 aromatic rings. The number of nitrogens with zero attached hydrogens (tertiary/aromatic N) is 1. The van der Waals surface area contributed by atoms with Gasteiger partial charge in [-0.15, -0.1) is 12.4 Å². The Kier molecular flexibility index (Phi) is 14.8. The van der Waals surface area contributed by atoms with E-state index in [0.29, 0.717) is 25.9 Å². The number of halogens is 1. The van der Waals surface area contributed by atoms with Crippen molar-refractivity contribution in [3.63, 3.8) is 0 Å². The average Bonchev–Trinajstić information content (AvgIpc) is 3.67. The lowest BCUT2D eigenvalue weighted by Gasteiger charge is -2.23. The molecule has 2 atom stereocenters. The zero-order valence-corrected chi connectivity index (χ0v) is 28.7. The first-order valence-corrected chi connectivity index (χ1v) is 16.4. The van der Waals surface area contributed by atoms with E-state index in [-0.39, 0.29) is 36.6 Å². The number of aliphatic hydroxyl groups is 2. The van der Waals surface area contributed by atoms with Gasteiger partial charge in [-0.1, -0.05) is 121 Å². The predicted molar refractivity (Wildman–Crippen MR) is 194 cm³/mol. The van der Waals surface area contributed by atoms with Crippen LogP contribution < -0.4 is 5.32 Å². The van der Waals surface area contributed by atoms with Crippen LogP contribution in [0.5, 0.6) is 0 Å². The number of carbonyl (C=O) groups excluding carboxylic acids is 1. The molecule has 4 aromatic carbocycles. The van der Waals surface area contributed by atoms with Crippen LogP contribution in [0.2, 0.25) is 0 Å². The number of rotatable bonds is 8. The van der Waals surface area contributed by atoms with Crippen molar-refractivity contribution in [1.82, 2.24) is 10.2 Å². The lowest BCUT2D eigenvalue weighted by atomic mass is 9.88. The summed E-state index contributed by atoms with van der Waals surface area (Å²) in [6.45, 7) is 6.45. The van der Waals surface area contributed by atoms with E-state index in [9.17, 15) is 14.7 Å². The predicted octanol–water partition coefficient (Wildman–Crippen LogP) is 6.64. The van der Waals surface area contributed by atoms with Gasteiger partial charge in [-0.05, 0) is 55.5 Å². The fraction of sp³-hybridized carbons (Fsp3) is 0.350. The van der Waals surface area contributed by atoms with Crippen LogP contribution in [-0.4, -0.2) is 69.5 Å². The van der Waals surface area contributed by atoms with Crippen LogP contribution in [0.15, 0.2) is 121 Å². The maximum Gasteiger partial charge on any atom is 0.304 e. The highest BCUT2D eigenvalue weighted by molar-refractivity contribution is 5.85. The Morgan fingerprint density at radius 1 is 0.667 bits per heavy atom. The van der Waals surface area contributed by atoms with Crippen LogP contribution in [0, 0.1) is 0 Å². The lowest BCUT2D eigenvalue weighted by molar-refractivity contribution is -0.137. The van der Waals surface area contributed by atoms with Crippen molar-refractivity contribution in [1.29, 1.82) is 0 Å². The lowest BCUT2D eigenvalue weighted by Crippen LogP contribution is -2.34. The van der Waals surface area contributed by atoms with Gasteiger partial charge in [0.2, 0.25) is 5.91 Å². The maximum absolute atomic E-state index is 12.7. The zero-order valence-electron chi connectivity index (χ0n) is 27.9. The normalized spacial score (nSPS) is 19.8. The minimum Gasteiger partial charge on any atom is -0.481 e. The molecule has 256 valence electrons. The highest BCUT2D eigenvalue weighted by Crippen LogP contribution is 2.31.